The first kappa shape index (κ1) is 13.1. The number of rotatable bonds is 4. The monoisotopic (exact) mass is 266 g/mol. The lowest BCUT2D eigenvalue weighted by atomic mass is 10.2. The van der Waals surface area contributed by atoms with Gasteiger partial charge in [0.05, 0.1) is 11.5 Å². The van der Waals surface area contributed by atoms with Crippen LogP contribution in [0.4, 0.5) is 0 Å². The minimum absolute atomic E-state index is 0.109. The molecule has 0 aromatic carbocycles. The molecule has 4 nitrogen and oxygen atoms in total. The SMILES string of the molecule is Cc1ccc(C(=O)N(CC(N)=S)C2CCCC2)o1. The topological polar surface area (TPSA) is 59.5 Å². The van der Waals surface area contributed by atoms with Gasteiger partial charge in [-0.2, -0.15) is 0 Å². The van der Waals surface area contributed by atoms with Crippen LogP contribution in [-0.2, 0) is 0 Å². The standard InChI is InChI=1S/C13H18N2O2S/c1-9-6-7-11(17-9)13(16)15(8-12(14)18)10-4-2-3-5-10/h6-7,10H,2-5,8H2,1H3,(H2,14,18). The van der Waals surface area contributed by atoms with Crippen molar-refractivity contribution in [2.24, 2.45) is 5.73 Å². The van der Waals surface area contributed by atoms with E-state index in [1.165, 1.54) is 0 Å². The molecule has 1 amide bonds. The van der Waals surface area contributed by atoms with E-state index in [1.54, 1.807) is 17.0 Å². The summed E-state index contributed by atoms with van der Waals surface area (Å²) in [5, 5.41) is 0. The zero-order chi connectivity index (χ0) is 13.1. The molecule has 0 bridgehead atoms. The number of hydrogen-bond acceptors (Lipinski definition) is 3. The average Bonchev–Trinajstić information content (AvgIpc) is 2.95. The van der Waals surface area contributed by atoms with Crippen LogP contribution < -0.4 is 5.73 Å². The van der Waals surface area contributed by atoms with Crippen LogP contribution in [0, 0.1) is 6.92 Å². The minimum Gasteiger partial charge on any atom is -0.456 e. The highest BCUT2D eigenvalue weighted by atomic mass is 32.1. The summed E-state index contributed by atoms with van der Waals surface area (Å²) < 4.78 is 5.39. The van der Waals surface area contributed by atoms with E-state index in [2.05, 4.69) is 0 Å². The van der Waals surface area contributed by atoms with Crippen molar-refractivity contribution >= 4 is 23.1 Å². The number of furan rings is 1. The fourth-order valence-corrected chi connectivity index (χ4v) is 2.58. The molecule has 0 aliphatic heterocycles. The van der Waals surface area contributed by atoms with Gasteiger partial charge in [0.1, 0.15) is 5.76 Å². The van der Waals surface area contributed by atoms with Crippen molar-refractivity contribution in [2.45, 2.75) is 38.6 Å². The number of aryl methyl sites for hydroxylation is 1. The van der Waals surface area contributed by atoms with Gasteiger partial charge in [0.15, 0.2) is 5.76 Å². The zero-order valence-electron chi connectivity index (χ0n) is 10.5. The molecule has 1 aromatic heterocycles. The summed E-state index contributed by atoms with van der Waals surface area (Å²) in [6, 6.07) is 3.74. The molecular formula is C13H18N2O2S. The van der Waals surface area contributed by atoms with Gasteiger partial charge in [-0.15, -0.1) is 0 Å². The molecule has 1 saturated carbocycles. The fraction of sp³-hybridized carbons (Fsp3) is 0.538. The lowest BCUT2D eigenvalue weighted by Crippen LogP contribution is -2.43. The molecule has 0 unspecified atom stereocenters. The number of carbonyl (C=O) groups excluding carboxylic acids is 1. The molecule has 2 rings (SSSR count). The van der Waals surface area contributed by atoms with Gasteiger partial charge in [0.25, 0.3) is 5.91 Å². The largest absolute Gasteiger partial charge is 0.456 e. The molecule has 1 aliphatic carbocycles. The number of carbonyl (C=O) groups is 1. The minimum atomic E-state index is -0.109. The van der Waals surface area contributed by atoms with Crippen molar-refractivity contribution in [3.63, 3.8) is 0 Å². The van der Waals surface area contributed by atoms with Crippen molar-refractivity contribution in [3.8, 4) is 0 Å². The van der Waals surface area contributed by atoms with Crippen molar-refractivity contribution < 1.29 is 9.21 Å². The second-order valence-corrected chi connectivity index (χ2v) is 5.27. The first-order chi connectivity index (χ1) is 8.58. The molecule has 18 heavy (non-hydrogen) atoms. The highest BCUT2D eigenvalue weighted by Crippen LogP contribution is 2.25. The van der Waals surface area contributed by atoms with Gasteiger partial charge in [0.2, 0.25) is 0 Å². The third-order valence-corrected chi connectivity index (χ3v) is 3.43. The quantitative estimate of drug-likeness (QED) is 0.849. The Hall–Kier alpha value is -1.36. The summed E-state index contributed by atoms with van der Waals surface area (Å²) in [5.74, 6) is 0.999. The highest BCUT2D eigenvalue weighted by molar-refractivity contribution is 7.80. The van der Waals surface area contributed by atoms with Gasteiger partial charge < -0.3 is 15.1 Å². The van der Waals surface area contributed by atoms with Gasteiger partial charge in [-0.1, -0.05) is 25.1 Å². The third-order valence-electron chi connectivity index (χ3n) is 3.30. The third kappa shape index (κ3) is 2.90. The highest BCUT2D eigenvalue weighted by Gasteiger charge is 2.29. The summed E-state index contributed by atoms with van der Waals surface area (Å²) in [7, 11) is 0. The van der Waals surface area contributed by atoms with E-state index in [0.29, 0.717) is 17.3 Å². The van der Waals surface area contributed by atoms with Crippen molar-refractivity contribution in [3.05, 3.63) is 23.7 Å². The molecule has 98 valence electrons. The van der Waals surface area contributed by atoms with Crippen molar-refractivity contribution in [2.75, 3.05) is 6.54 Å². The van der Waals surface area contributed by atoms with Crippen LogP contribution in [0.5, 0.6) is 0 Å². The van der Waals surface area contributed by atoms with Crippen molar-refractivity contribution in [1.82, 2.24) is 4.90 Å². The maximum absolute atomic E-state index is 12.4. The van der Waals surface area contributed by atoms with E-state index in [1.807, 2.05) is 6.92 Å². The second-order valence-electron chi connectivity index (χ2n) is 4.75. The lowest BCUT2D eigenvalue weighted by molar-refractivity contribution is 0.0681. The predicted octanol–water partition coefficient (Wildman–Crippen LogP) is 2.26. The Labute approximate surface area is 112 Å². The van der Waals surface area contributed by atoms with Gasteiger partial charge >= 0.3 is 0 Å². The van der Waals surface area contributed by atoms with Gasteiger partial charge in [-0.25, -0.2) is 0 Å². The summed E-state index contributed by atoms with van der Waals surface area (Å²) in [5.41, 5.74) is 5.59. The molecule has 0 radical (unpaired) electrons. The van der Waals surface area contributed by atoms with Gasteiger partial charge in [-0.3, -0.25) is 4.79 Å². The molecular weight excluding hydrogens is 248 g/mol. The van der Waals surface area contributed by atoms with E-state index >= 15 is 0 Å². The maximum atomic E-state index is 12.4. The first-order valence-corrected chi connectivity index (χ1v) is 6.64. The number of amides is 1. The van der Waals surface area contributed by atoms with E-state index in [4.69, 9.17) is 22.4 Å². The zero-order valence-corrected chi connectivity index (χ0v) is 11.3. The average molecular weight is 266 g/mol. The summed E-state index contributed by atoms with van der Waals surface area (Å²) in [6.07, 6.45) is 4.36. The summed E-state index contributed by atoms with van der Waals surface area (Å²) >= 11 is 4.93. The molecule has 0 atom stereocenters. The fourth-order valence-electron chi connectivity index (χ4n) is 2.44. The van der Waals surface area contributed by atoms with E-state index < -0.39 is 0 Å². The normalized spacial score (nSPS) is 15.8. The van der Waals surface area contributed by atoms with Crippen LogP contribution in [0.2, 0.25) is 0 Å². The predicted molar refractivity (Wildman–Crippen MR) is 73.5 cm³/mol. The van der Waals surface area contributed by atoms with Crippen LogP contribution in [0.3, 0.4) is 0 Å². The summed E-state index contributed by atoms with van der Waals surface area (Å²) in [6.45, 7) is 2.16. The molecule has 1 fully saturated rings. The number of nitrogens with zero attached hydrogens (tertiary/aromatic N) is 1. The molecule has 0 spiro atoms. The van der Waals surface area contributed by atoms with Crippen LogP contribution >= 0.6 is 12.2 Å². The van der Waals surface area contributed by atoms with E-state index in [0.717, 1.165) is 31.4 Å². The Morgan fingerprint density at radius 3 is 2.67 bits per heavy atom. The maximum Gasteiger partial charge on any atom is 0.290 e. The Balaban J connectivity index is 2.17. The van der Waals surface area contributed by atoms with Gasteiger partial charge in [0, 0.05) is 6.04 Å². The number of nitrogens with two attached hydrogens (primary N) is 1. The molecule has 1 heterocycles. The van der Waals surface area contributed by atoms with Crippen molar-refractivity contribution in [1.29, 1.82) is 0 Å². The molecule has 0 saturated heterocycles. The van der Waals surface area contributed by atoms with Crippen LogP contribution in [0.1, 0.15) is 42.0 Å². The van der Waals surface area contributed by atoms with Gasteiger partial charge in [-0.05, 0) is 31.9 Å². The lowest BCUT2D eigenvalue weighted by Gasteiger charge is -2.27. The molecule has 1 aliphatic rings. The molecule has 1 aromatic rings. The van der Waals surface area contributed by atoms with E-state index in [-0.39, 0.29) is 11.9 Å². The van der Waals surface area contributed by atoms with Crippen LogP contribution in [0.25, 0.3) is 0 Å². The summed E-state index contributed by atoms with van der Waals surface area (Å²) in [4.78, 5) is 14.5. The Morgan fingerprint density at radius 2 is 2.17 bits per heavy atom. The molecule has 5 heteroatoms. The van der Waals surface area contributed by atoms with Crippen LogP contribution in [-0.4, -0.2) is 28.4 Å². The first-order valence-electron chi connectivity index (χ1n) is 6.23. The Morgan fingerprint density at radius 1 is 1.50 bits per heavy atom. The smallest absolute Gasteiger partial charge is 0.290 e. The second kappa shape index (κ2) is 5.52. The molecule has 2 N–H and O–H groups in total. The number of hydrogen-bond donors (Lipinski definition) is 1. The number of thiocarbonyl (C=S) groups is 1. The Bertz CT molecular complexity index is 450. The Kier molecular flexibility index (Phi) is 4.01. The van der Waals surface area contributed by atoms with E-state index in [9.17, 15) is 4.79 Å². The van der Waals surface area contributed by atoms with Crippen LogP contribution in [0.15, 0.2) is 16.5 Å².